The number of aryl methyl sites for hydroxylation is 1. The van der Waals surface area contributed by atoms with Gasteiger partial charge in [-0.2, -0.15) is 0 Å². The summed E-state index contributed by atoms with van der Waals surface area (Å²) in [5, 5.41) is 0. The highest BCUT2D eigenvalue weighted by Crippen LogP contribution is 2.33. The fourth-order valence-electron chi connectivity index (χ4n) is 2.34. The van der Waals surface area contributed by atoms with Crippen LogP contribution in [0.3, 0.4) is 0 Å². The minimum absolute atomic E-state index is 0.377. The molecule has 4 nitrogen and oxygen atoms in total. The van der Waals surface area contributed by atoms with E-state index in [1.54, 1.807) is 12.1 Å². The lowest BCUT2D eigenvalue weighted by molar-refractivity contribution is -0.115. The van der Waals surface area contributed by atoms with Crippen molar-refractivity contribution in [3.8, 4) is 11.1 Å². The first-order valence-corrected chi connectivity index (χ1v) is 8.33. The molecule has 0 bridgehead atoms. The van der Waals surface area contributed by atoms with Crippen LogP contribution in [0.15, 0.2) is 48.5 Å². The number of hydrogen-bond acceptors (Lipinski definition) is 3. The van der Waals surface area contributed by atoms with Gasteiger partial charge in [0.15, 0.2) is 0 Å². The minimum atomic E-state index is -3.68. The van der Waals surface area contributed by atoms with Crippen molar-refractivity contribution in [1.29, 1.82) is 0 Å². The third-order valence-electron chi connectivity index (χ3n) is 3.18. The fourth-order valence-corrected chi connectivity index (χ4v) is 3.32. The Kier molecular flexibility index (Phi) is 4.14. The Bertz CT molecular complexity index is 782. The summed E-state index contributed by atoms with van der Waals surface area (Å²) >= 11 is 0. The molecular formula is C16H17NO3S. The Hall–Kier alpha value is -2.14. The first-order chi connectivity index (χ1) is 9.82. The quantitative estimate of drug-likeness (QED) is 0.876. The molecule has 110 valence electrons. The Morgan fingerprint density at radius 2 is 1.48 bits per heavy atom. The van der Waals surface area contributed by atoms with Crippen molar-refractivity contribution in [2.75, 3.05) is 10.6 Å². The standard InChI is InChI=1S/C16H17NO3S/c1-12-8-4-5-9-14(12)15-10-6-7-11-16(15)17(13(2)18)21(3,19)20/h4-11H,1-3H3. The summed E-state index contributed by atoms with van der Waals surface area (Å²) in [6.07, 6.45) is 1.03. The molecular weight excluding hydrogens is 286 g/mol. The fraction of sp³-hybridized carbons (Fsp3) is 0.188. The summed E-state index contributed by atoms with van der Waals surface area (Å²) in [6.45, 7) is 3.19. The van der Waals surface area contributed by atoms with Gasteiger partial charge in [0.05, 0.1) is 11.9 Å². The average Bonchev–Trinajstić information content (AvgIpc) is 2.38. The van der Waals surface area contributed by atoms with Crippen LogP contribution in [0.2, 0.25) is 0 Å². The van der Waals surface area contributed by atoms with Gasteiger partial charge in [0, 0.05) is 12.5 Å². The Morgan fingerprint density at radius 1 is 0.952 bits per heavy atom. The van der Waals surface area contributed by atoms with E-state index in [0.717, 1.165) is 27.3 Å². The van der Waals surface area contributed by atoms with Crippen LogP contribution >= 0.6 is 0 Å². The predicted octanol–water partition coefficient (Wildman–Crippen LogP) is 2.97. The number of sulfonamides is 1. The van der Waals surface area contributed by atoms with Gasteiger partial charge in [-0.1, -0.05) is 42.5 Å². The van der Waals surface area contributed by atoms with Crippen LogP contribution in [0.25, 0.3) is 11.1 Å². The number of benzene rings is 2. The van der Waals surface area contributed by atoms with E-state index in [1.165, 1.54) is 6.92 Å². The normalized spacial score (nSPS) is 11.2. The summed E-state index contributed by atoms with van der Waals surface area (Å²) < 4.78 is 24.7. The molecule has 0 saturated carbocycles. The number of amides is 1. The largest absolute Gasteiger partial charge is 0.274 e. The van der Waals surface area contributed by atoms with Crippen molar-refractivity contribution in [3.63, 3.8) is 0 Å². The monoisotopic (exact) mass is 303 g/mol. The maximum atomic E-state index is 11.9. The Balaban J connectivity index is 2.72. The number of hydrogen-bond donors (Lipinski definition) is 0. The van der Waals surface area contributed by atoms with E-state index in [0.29, 0.717) is 5.69 Å². The van der Waals surface area contributed by atoms with Crippen LogP contribution in [-0.2, 0) is 14.8 Å². The SMILES string of the molecule is CC(=O)N(c1ccccc1-c1ccccc1C)S(C)(=O)=O. The topological polar surface area (TPSA) is 54.5 Å². The van der Waals surface area contributed by atoms with Crippen LogP contribution < -0.4 is 4.31 Å². The van der Waals surface area contributed by atoms with Gasteiger partial charge >= 0.3 is 0 Å². The van der Waals surface area contributed by atoms with Gasteiger partial charge in [-0.25, -0.2) is 12.7 Å². The van der Waals surface area contributed by atoms with Gasteiger partial charge in [-0.05, 0) is 24.1 Å². The molecule has 0 unspecified atom stereocenters. The number of rotatable bonds is 3. The van der Waals surface area contributed by atoms with E-state index in [-0.39, 0.29) is 0 Å². The molecule has 0 fully saturated rings. The van der Waals surface area contributed by atoms with Gasteiger partial charge in [0.1, 0.15) is 0 Å². The van der Waals surface area contributed by atoms with Gasteiger partial charge in [-0.15, -0.1) is 0 Å². The lowest BCUT2D eigenvalue weighted by atomic mass is 9.99. The third-order valence-corrected chi connectivity index (χ3v) is 4.29. The first kappa shape index (κ1) is 15.3. The summed E-state index contributed by atoms with van der Waals surface area (Å²) in [5.41, 5.74) is 3.02. The molecule has 2 aromatic carbocycles. The van der Waals surface area contributed by atoms with Crippen molar-refractivity contribution in [3.05, 3.63) is 54.1 Å². The van der Waals surface area contributed by atoms with Crippen molar-refractivity contribution in [2.24, 2.45) is 0 Å². The van der Waals surface area contributed by atoms with Crippen molar-refractivity contribution in [1.82, 2.24) is 0 Å². The van der Waals surface area contributed by atoms with Gasteiger partial charge < -0.3 is 0 Å². The van der Waals surface area contributed by atoms with E-state index >= 15 is 0 Å². The number of para-hydroxylation sites is 1. The molecule has 0 aliphatic heterocycles. The molecule has 0 saturated heterocycles. The molecule has 0 aliphatic rings. The number of nitrogens with zero attached hydrogens (tertiary/aromatic N) is 1. The van der Waals surface area contributed by atoms with E-state index in [9.17, 15) is 13.2 Å². The average molecular weight is 303 g/mol. The van der Waals surface area contributed by atoms with Gasteiger partial charge in [0.2, 0.25) is 15.9 Å². The number of carbonyl (C=O) groups excluding carboxylic acids is 1. The molecule has 1 amide bonds. The molecule has 0 spiro atoms. The highest BCUT2D eigenvalue weighted by atomic mass is 32.2. The summed E-state index contributed by atoms with van der Waals surface area (Å²) in [6, 6.07) is 14.7. The number of carbonyl (C=O) groups is 1. The van der Waals surface area contributed by atoms with Crippen LogP contribution in [0, 0.1) is 6.92 Å². The molecule has 2 aromatic rings. The second-order valence-corrected chi connectivity index (χ2v) is 6.71. The molecule has 0 aliphatic carbocycles. The summed E-state index contributed by atoms with van der Waals surface area (Å²) in [5.74, 6) is -0.529. The van der Waals surface area contributed by atoms with Crippen LogP contribution in [0.1, 0.15) is 12.5 Å². The molecule has 0 N–H and O–H groups in total. The highest BCUT2D eigenvalue weighted by molar-refractivity contribution is 7.92. The van der Waals surface area contributed by atoms with E-state index in [1.807, 2.05) is 43.3 Å². The summed E-state index contributed by atoms with van der Waals surface area (Å²) in [4.78, 5) is 11.8. The highest BCUT2D eigenvalue weighted by Gasteiger charge is 2.24. The van der Waals surface area contributed by atoms with Crippen LogP contribution in [0.4, 0.5) is 5.69 Å². The van der Waals surface area contributed by atoms with E-state index in [2.05, 4.69) is 0 Å². The van der Waals surface area contributed by atoms with Gasteiger partial charge in [0.25, 0.3) is 0 Å². The molecule has 0 atom stereocenters. The second-order valence-electron chi connectivity index (χ2n) is 4.88. The predicted molar refractivity (Wildman–Crippen MR) is 84.6 cm³/mol. The molecule has 0 aromatic heterocycles. The Morgan fingerprint density at radius 3 is 2.00 bits per heavy atom. The molecule has 2 rings (SSSR count). The third kappa shape index (κ3) is 3.13. The zero-order valence-electron chi connectivity index (χ0n) is 12.2. The van der Waals surface area contributed by atoms with E-state index < -0.39 is 15.9 Å². The molecule has 0 heterocycles. The lowest BCUT2D eigenvalue weighted by Gasteiger charge is -2.22. The molecule has 0 radical (unpaired) electrons. The zero-order chi connectivity index (χ0) is 15.6. The van der Waals surface area contributed by atoms with Crippen molar-refractivity contribution >= 4 is 21.6 Å². The summed E-state index contributed by atoms with van der Waals surface area (Å²) in [7, 11) is -3.68. The van der Waals surface area contributed by atoms with Crippen LogP contribution in [0.5, 0.6) is 0 Å². The molecule has 5 heteroatoms. The zero-order valence-corrected chi connectivity index (χ0v) is 13.0. The number of anilines is 1. The van der Waals surface area contributed by atoms with E-state index in [4.69, 9.17) is 0 Å². The van der Waals surface area contributed by atoms with Crippen molar-refractivity contribution in [2.45, 2.75) is 13.8 Å². The lowest BCUT2D eigenvalue weighted by Crippen LogP contribution is -2.34. The molecule has 21 heavy (non-hydrogen) atoms. The first-order valence-electron chi connectivity index (χ1n) is 6.48. The second kappa shape index (κ2) is 5.69. The maximum absolute atomic E-state index is 11.9. The van der Waals surface area contributed by atoms with Crippen LogP contribution in [-0.4, -0.2) is 20.6 Å². The smallest absolute Gasteiger partial charge is 0.238 e. The Labute approximate surface area is 125 Å². The van der Waals surface area contributed by atoms with Gasteiger partial charge in [-0.3, -0.25) is 4.79 Å². The van der Waals surface area contributed by atoms with Crippen molar-refractivity contribution < 1.29 is 13.2 Å². The maximum Gasteiger partial charge on any atom is 0.238 e. The minimum Gasteiger partial charge on any atom is -0.274 e.